The summed E-state index contributed by atoms with van der Waals surface area (Å²) in [7, 11) is 0. The second-order valence-electron chi connectivity index (χ2n) is 5.80. The Morgan fingerprint density at radius 1 is 1.04 bits per heavy atom. The van der Waals surface area contributed by atoms with Crippen LogP contribution in [0.1, 0.15) is 41.7 Å². The standard InChI is InChI=1S/C18H20N2O4/c1-11(2)16(20-17(22)15-5-4-10-24-15)18(23)19-14-8-6-13(7-9-14)12(3)21/h4-11,16H,1-3H3,(H,19,23)(H,20,22). The van der Waals surface area contributed by atoms with Crippen LogP contribution in [-0.4, -0.2) is 23.6 Å². The molecule has 6 heteroatoms. The molecule has 1 heterocycles. The largest absolute Gasteiger partial charge is 0.459 e. The van der Waals surface area contributed by atoms with Gasteiger partial charge in [0.1, 0.15) is 6.04 Å². The number of carbonyl (C=O) groups excluding carboxylic acids is 3. The average molecular weight is 328 g/mol. The first-order valence-corrected chi connectivity index (χ1v) is 7.64. The molecule has 1 aromatic carbocycles. The maximum absolute atomic E-state index is 12.5. The van der Waals surface area contributed by atoms with E-state index in [4.69, 9.17) is 4.42 Å². The van der Waals surface area contributed by atoms with Gasteiger partial charge in [0, 0.05) is 11.3 Å². The van der Waals surface area contributed by atoms with E-state index in [1.807, 2.05) is 13.8 Å². The molecule has 0 saturated carbocycles. The summed E-state index contributed by atoms with van der Waals surface area (Å²) >= 11 is 0. The number of Topliss-reactive ketones (excluding diaryl/α,β-unsaturated/α-hetero) is 1. The third-order valence-electron chi connectivity index (χ3n) is 3.54. The van der Waals surface area contributed by atoms with Gasteiger partial charge in [0.15, 0.2) is 11.5 Å². The smallest absolute Gasteiger partial charge is 0.287 e. The van der Waals surface area contributed by atoms with Gasteiger partial charge in [0.25, 0.3) is 5.91 Å². The van der Waals surface area contributed by atoms with Gasteiger partial charge >= 0.3 is 0 Å². The summed E-state index contributed by atoms with van der Waals surface area (Å²) in [4.78, 5) is 35.8. The summed E-state index contributed by atoms with van der Waals surface area (Å²) in [5.41, 5.74) is 1.13. The van der Waals surface area contributed by atoms with E-state index in [1.54, 1.807) is 30.3 Å². The molecule has 0 fully saturated rings. The lowest BCUT2D eigenvalue weighted by atomic mass is 10.0. The normalized spacial score (nSPS) is 11.8. The Kier molecular flexibility index (Phi) is 5.52. The van der Waals surface area contributed by atoms with Gasteiger partial charge in [-0.15, -0.1) is 0 Å². The SMILES string of the molecule is CC(=O)c1ccc(NC(=O)C(NC(=O)c2ccco2)C(C)C)cc1. The van der Waals surface area contributed by atoms with Crippen molar-refractivity contribution in [3.63, 3.8) is 0 Å². The lowest BCUT2D eigenvalue weighted by molar-refractivity contribution is -0.118. The van der Waals surface area contributed by atoms with Crippen LogP contribution < -0.4 is 10.6 Å². The van der Waals surface area contributed by atoms with Crippen LogP contribution in [-0.2, 0) is 4.79 Å². The zero-order valence-electron chi connectivity index (χ0n) is 13.8. The van der Waals surface area contributed by atoms with Crippen LogP contribution in [0.4, 0.5) is 5.69 Å². The van der Waals surface area contributed by atoms with Gasteiger partial charge in [-0.05, 0) is 49.2 Å². The molecular weight excluding hydrogens is 308 g/mol. The fourth-order valence-corrected chi connectivity index (χ4v) is 2.16. The minimum absolute atomic E-state index is 0.0429. The van der Waals surface area contributed by atoms with Crippen molar-refractivity contribution in [2.75, 3.05) is 5.32 Å². The predicted molar refractivity (Wildman–Crippen MR) is 89.9 cm³/mol. The minimum atomic E-state index is -0.713. The van der Waals surface area contributed by atoms with Crippen LogP contribution in [0.15, 0.2) is 47.1 Å². The van der Waals surface area contributed by atoms with Gasteiger partial charge in [0.05, 0.1) is 6.26 Å². The first-order valence-electron chi connectivity index (χ1n) is 7.64. The first-order chi connectivity index (χ1) is 11.4. The molecule has 0 bridgehead atoms. The monoisotopic (exact) mass is 328 g/mol. The third-order valence-corrected chi connectivity index (χ3v) is 3.54. The summed E-state index contributed by atoms with van der Waals surface area (Å²) in [5.74, 6) is -0.778. The number of benzene rings is 1. The van der Waals surface area contributed by atoms with Gasteiger partial charge in [-0.25, -0.2) is 0 Å². The molecule has 2 aromatic rings. The number of anilines is 1. The highest BCUT2D eigenvalue weighted by Crippen LogP contribution is 2.13. The van der Waals surface area contributed by atoms with E-state index in [1.165, 1.54) is 19.3 Å². The number of hydrogen-bond acceptors (Lipinski definition) is 4. The Balaban J connectivity index is 2.06. The highest BCUT2D eigenvalue weighted by Gasteiger charge is 2.25. The maximum Gasteiger partial charge on any atom is 0.287 e. The topological polar surface area (TPSA) is 88.4 Å². The number of hydrogen-bond donors (Lipinski definition) is 2. The Morgan fingerprint density at radius 2 is 1.71 bits per heavy atom. The molecule has 0 aliphatic carbocycles. The van der Waals surface area contributed by atoms with E-state index in [0.29, 0.717) is 11.3 Å². The van der Waals surface area contributed by atoms with Gasteiger partial charge < -0.3 is 15.1 Å². The molecule has 1 atom stereocenters. The average Bonchev–Trinajstić information content (AvgIpc) is 3.07. The van der Waals surface area contributed by atoms with E-state index in [2.05, 4.69) is 10.6 Å². The predicted octanol–water partition coefficient (Wildman–Crippen LogP) is 2.88. The number of amides is 2. The van der Waals surface area contributed by atoms with Crippen molar-refractivity contribution >= 4 is 23.3 Å². The number of ketones is 1. The van der Waals surface area contributed by atoms with Crippen LogP contribution in [0.5, 0.6) is 0 Å². The molecular formula is C18H20N2O4. The van der Waals surface area contributed by atoms with Crippen LogP contribution >= 0.6 is 0 Å². The molecule has 0 aliphatic heterocycles. The molecule has 0 saturated heterocycles. The van der Waals surface area contributed by atoms with Gasteiger partial charge in [-0.1, -0.05) is 13.8 Å². The van der Waals surface area contributed by atoms with Gasteiger partial charge in [-0.2, -0.15) is 0 Å². The number of carbonyl (C=O) groups is 3. The molecule has 126 valence electrons. The fourth-order valence-electron chi connectivity index (χ4n) is 2.16. The van der Waals surface area contributed by atoms with Crippen LogP contribution in [0.2, 0.25) is 0 Å². The van der Waals surface area contributed by atoms with Crippen molar-refractivity contribution in [2.45, 2.75) is 26.8 Å². The van der Waals surface area contributed by atoms with Crippen LogP contribution in [0, 0.1) is 5.92 Å². The first kappa shape index (κ1) is 17.5. The van der Waals surface area contributed by atoms with E-state index < -0.39 is 11.9 Å². The molecule has 0 radical (unpaired) electrons. The van der Waals surface area contributed by atoms with Crippen molar-refractivity contribution in [2.24, 2.45) is 5.92 Å². The zero-order valence-corrected chi connectivity index (χ0v) is 13.8. The molecule has 0 aliphatic rings. The van der Waals surface area contributed by atoms with Gasteiger partial charge in [0.2, 0.25) is 5.91 Å². The van der Waals surface area contributed by atoms with Crippen molar-refractivity contribution in [1.29, 1.82) is 0 Å². The van der Waals surface area contributed by atoms with Crippen molar-refractivity contribution in [3.05, 3.63) is 54.0 Å². The minimum Gasteiger partial charge on any atom is -0.459 e. The molecule has 2 rings (SSSR count). The lowest BCUT2D eigenvalue weighted by Gasteiger charge is -2.21. The van der Waals surface area contributed by atoms with E-state index in [0.717, 1.165) is 0 Å². The Labute approximate surface area is 140 Å². The van der Waals surface area contributed by atoms with Crippen LogP contribution in [0.25, 0.3) is 0 Å². The summed E-state index contributed by atoms with van der Waals surface area (Å²) in [6, 6.07) is 9.02. The molecule has 6 nitrogen and oxygen atoms in total. The number of furan rings is 1. The second-order valence-corrected chi connectivity index (χ2v) is 5.80. The number of nitrogens with one attached hydrogen (secondary N) is 2. The van der Waals surface area contributed by atoms with Crippen molar-refractivity contribution < 1.29 is 18.8 Å². The molecule has 2 amide bonds. The summed E-state index contributed by atoms with van der Waals surface area (Å²) < 4.78 is 5.03. The molecule has 2 N–H and O–H groups in total. The summed E-state index contributed by atoms with van der Waals surface area (Å²) in [5, 5.41) is 5.41. The zero-order chi connectivity index (χ0) is 17.7. The summed E-state index contributed by atoms with van der Waals surface area (Å²) in [6.45, 7) is 5.16. The van der Waals surface area contributed by atoms with Crippen molar-refractivity contribution in [1.82, 2.24) is 5.32 Å². The fraction of sp³-hybridized carbons (Fsp3) is 0.278. The number of rotatable bonds is 6. The van der Waals surface area contributed by atoms with E-state index in [9.17, 15) is 14.4 Å². The van der Waals surface area contributed by atoms with Crippen LogP contribution in [0.3, 0.4) is 0 Å². The molecule has 24 heavy (non-hydrogen) atoms. The Bertz CT molecular complexity index is 718. The molecule has 1 unspecified atom stereocenters. The highest BCUT2D eigenvalue weighted by atomic mass is 16.3. The lowest BCUT2D eigenvalue weighted by Crippen LogP contribution is -2.47. The third kappa shape index (κ3) is 4.32. The van der Waals surface area contributed by atoms with E-state index >= 15 is 0 Å². The highest BCUT2D eigenvalue weighted by molar-refractivity contribution is 6.00. The van der Waals surface area contributed by atoms with Crippen molar-refractivity contribution in [3.8, 4) is 0 Å². The molecule has 0 spiro atoms. The second kappa shape index (κ2) is 7.59. The Hall–Kier alpha value is -2.89. The van der Waals surface area contributed by atoms with E-state index in [-0.39, 0.29) is 23.4 Å². The quantitative estimate of drug-likeness (QED) is 0.798. The van der Waals surface area contributed by atoms with Gasteiger partial charge in [-0.3, -0.25) is 14.4 Å². The summed E-state index contributed by atoms with van der Waals surface area (Å²) in [6.07, 6.45) is 1.40. The maximum atomic E-state index is 12.5. The Morgan fingerprint density at radius 3 is 2.21 bits per heavy atom. The molecule has 1 aromatic heterocycles.